The lowest BCUT2D eigenvalue weighted by Crippen LogP contribution is -2.22. The number of ether oxygens (including phenoxy) is 1. The molecule has 1 aliphatic rings. The van der Waals surface area contributed by atoms with Crippen LogP contribution in [0.4, 0.5) is 4.39 Å². The molecule has 0 bridgehead atoms. The Morgan fingerprint density at radius 1 is 1.43 bits per heavy atom. The molecule has 1 N–H and O–H groups in total. The summed E-state index contributed by atoms with van der Waals surface area (Å²) in [4.78, 5) is 0. The summed E-state index contributed by atoms with van der Waals surface area (Å²) in [5.74, 6) is 0.517. The third-order valence-electron chi connectivity index (χ3n) is 4.11. The Balaban J connectivity index is 1.75. The van der Waals surface area contributed by atoms with Gasteiger partial charge in [-0.15, -0.1) is 0 Å². The van der Waals surface area contributed by atoms with Crippen molar-refractivity contribution in [2.45, 2.75) is 44.8 Å². The maximum atomic E-state index is 13.7. The Hall–Kier alpha value is -1.39. The van der Waals surface area contributed by atoms with Crippen LogP contribution in [0.5, 0.6) is 0 Å². The number of benzene rings is 1. The van der Waals surface area contributed by atoms with Gasteiger partial charge >= 0.3 is 0 Å². The molecule has 0 radical (unpaired) electrons. The molecular formula is C17H22FNO2. The minimum absolute atomic E-state index is 0.117. The van der Waals surface area contributed by atoms with Crippen molar-refractivity contribution >= 4 is 11.0 Å². The standard InChI is InChI=1S/C17H22FNO2/c1-2-19-15(9-8-13-6-4-10-20-13)16-11-12-5-3-7-14(18)17(12)21-16/h3,5,7,11,13,15,19H,2,4,6,8-10H2,1H3. The molecule has 21 heavy (non-hydrogen) atoms. The van der Waals surface area contributed by atoms with E-state index in [1.807, 2.05) is 12.1 Å². The molecule has 1 fully saturated rings. The van der Waals surface area contributed by atoms with Crippen LogP contribution in [0.15, 0.2) is 28.7 Å². The lowest BCUT2D eigenvalue weighted by molar-refractivity contribution is 0.0989. The summed E-state index contributed by atoms with van der Waals surface area (Å²) in [6.07, 6.45) is 4.63. The highest BCUT2D eigenvalue weighted by molar-refractivity contribution is 5.78. The Bertz CT molecular complexity index is 589. The van der Waals surface area contributed by atoms with Gasteiger partial charge in [-0.3, -0.25) is 0 Å². The van der Waals surface area contributed by atoms with Crippen molar-refractivity contribution in [2.24, 2.45) is 0 Å². The predicted octanol–water partition coefficient (Wildman–Crippen LogP) is 4.18. The highest BCUT2D eigenvalue weighted by atomic mass is 19.1. The van der Waals surface area contributed by atoms with Crippen LogP contribution in [0.3, 0.4) is 0 Å². The van der Waals surface area contributed by atoms with Crippen LogP contribution in [-0.4, -0.2) is 19.3 Å². The van der Waals surface area contributed by atoms with Gasteiger partial charge in [0.25, 0.3) is 0 Å². The minimum atomic E-state index is -0.298. The largest absolute Gasteiger partial charge is 0.456 e. The van der Waals surface area contributed by atoms with E-state index in [2.05, 4.69) is 12.2 Å². The van der Waals surface area contributed by atoms with Crippen molar-refractivity contribution < 1.29 is 13.5 Å². The molecule has 1 saturated heterocycles. The van der Waals surface area contributed by atoms with Gasteiger partial charge in [-0.1, -0.05) is 19.1 Å². The zero-order valence-electron chi connectivity index (χ0n) is 12.4. The smallest absolute Gasteiger partial charge is 0.169 e. The lowest BCUT2D eigenvalue weighted by Gasteiger charge is -2.17. The summed E-state index contributed by atoms with van der Waals surface area (Å²) < 4.78 is 25.2. The van der Waals surface area contributed by atoms with Gasteiger partial charge in [-0.25, -0.2) is 4.39 Å². The van der Waals surface area contributed by atoms with E-state index in [9.17, 15) is 4.39 Å². The quantitative estimate of drug-likeness (QED) is 0.867. The van der Waals surface area contributed by atoms with Gasteiger partial charge in [0.15, 0.2) is 11.4 Å². The molecule has 1 aromatic heterocycles. The van der Waals surface area contributed by atoms with Crippen molar-refractivity contribution in [3.05, 3.63) is 35.8 Å². The van der Waals surface area contributed by atoms with Crippen molar-refractivity contribution in [2.75, 3.05) is 13.2 Å². The number of nitrogens with one attached hydrogen (secondary N) is 1. The zero-order valence-corrected chi connectivity index (χ0v) is 12.4. The molecule has 0 amide bonds. The van der Waals surface area contributed by atoms with E-state index in [1.165, 1.54) is 6.07 Å². The summed E-state index contributed by atoms with van der Waals surface area (Å²) in [6, 6.07) is 7.09. The van der Waals surface area contributed by atoms with Crippen molar-refractivity contribution in [1.82, 2.24) is 5.32 Å². The molecular weight excluding hydrogens is 269 g/mol. The maximum absolute atomic E-state index is 13.7. The first-order valence-corrected chi connectivity index (χ1v) is 7.81. The summed E-state index contributed by atoms with van der Waals surface area (Å²) in [6.45, 7) is 3.81. The second kappa shape index (κ2) is 6.58. The highest BCUT2D eigenvalue weighted by Crippen LogP contribution is 2.29. The van der Waals surface area contributed by atoms with E-state index in [1.54, 1.807) is 6.07 Å². The molecule has 3 rings (SSSR count). The topological polar surface area (TPSA) is 34.4 Å². The molecule has 114 valence electrons. The molecule has 1 aliphatic heterocycles. The normalized spacial score (nSPS) is 20.2. The van der Waals surface area contributed by atoms with Gasteiger partial charge in [0.1, 0.15) is 5.76 Å². The van der Waals surface area contributed by atoms with Crippen LogP contribution < -0.4 is 5.32 Å². The molecule has 0 aliphatic carbocycles. The van der Waals surface area contributed by atoms with E-state index in [4.69, 9.17) is 9.15 Å². The number of halogens is 1. The molecule has 2 atom stereocenters. The average Bonchev–Trinajstić information content (AvgIpc) is 3.13. The van der Waals surface area contributed by atoms with Crippen molar-refractivity contribution in [3.63, 3.8) is 0 Å². The molecule has 3 nitrogen and oxygen atoms in total. The van der Waals surface area contributed by atoms with Crippen LogP contribution >= 0.6 is 0 Å². The second-order valence-corrected chi connectivity index (χ2v) is 5.63. The second-order valence-electron chi connectivity index (χ2n) is 5.63. The maximum Gasteiger partial charge on any atom is 0.169 e. The summed E-state index contributed by atoms with van der Waals surface area (Å²) in [7, 11) is 0. The lowest BCUT2D eigenvalue weighted by atomic mass is 10.0. The average molecular weight is 291 g/mol. The molecule has 2 heterocycles. The van der Waals surface area contributed by atoms with E-state index in [0.717, 1.165) is 50.0 Å². The van der Waals surface area contributed by atoms with Crippen LogP contribution in [-0.2, 0) is 4.74 Å². The van der Waals surface area contributed by atoms with Gasteiger partial charge in [0.05, 0.1) is 12.1 Å². The van der Waals surface area contributed by atoms with Crippen molar-refractivity contribution in [1.29, 1.82) is 0 Å². The molecule has 2 unspecified atom stereocenters. The van der Waals surface area contributed by atoms with E-state index < -0.39 is 0 Å². The first kappa shape index (κ1) is 14.5. The number of para-hydroxylation sites is 1. The van der Waals surface area contributed by atoms with Gasteiger partial charge in [-0.2, -0.15) is 0 Å². The number of fused-ring (bicyclic) bond motifs is 1. The summed E-state index contributed by atoms with van der Waals surface area (Å²) >= 11 is 0. The fourth-order valence-corrected chi connectivity index (χ4v) is 3.04. The zero-order chi connectivity index (χ0) is 14.7. The summed E-state index contributed by atoms with van der Waals surface area (Å²) in [5.41, 5.74) is 0.354. The molecule has 1 aromatic carbocycles. The van der Waals surface area contributed by atoms with E-state index in [-0.39, 0.29) is 11.9 Å². The van der Waals surface area contributed by atoms with Crippen molar-refractivity contribution in [3.8, 4) is 0 Å². The third-order valence-corrected chi connectivity index (χ3v) is 4.11. The number of hydrogen-bond donors (Lipinski definition) is 1. The number of hydrogen-bond acceptors (Lipinski definition) is 3. The first-order valence-electron chi connectivity index (χ1n) is 7.81. The third kappa shape index (κ3) is 3.27. The Morgan fingerprint density at radius 3 is 3.05 bits per heavy atom. The Kier molecular flexibility index (Phi) is 4.56. The molecule has 2 aromatic rings. The molecule has 4 heteroatoms. The molecule has 0 spiro atoms. The van der Waals surface area contributed by atoms with Crippen LogP contribution in [0, 0.1) is 5.82 Å². The fourth-order valence-electron chi connectivity index (χ4n) is 3.04. The van der Waals surface area contributed by atoms with E-state index in [0.29, 0.717) is 11.7 Å². The number of furan rings is 1. The molecule has 0 saturated carbocycles. The Labute approximate surface area is 124 Å². The summed E-state index contributed by atoms with van der Waals surface area (Å²) in [5, 5.41) is 4.26. The van der Waals surface area contributed by atoms with Gasteiger partial charge in [0.2, 0.25) is 0 Å². The first-order chi connectivity index (χ1) is 10.3. The van der Waals surface area contributed by atoms with Crippen LogP contribution in [0.25, 0.3) is 11.0 Å². The SMILES string of the molecule is CCNC(CCC1CCCO1)c1cc2cccc(F)c2o1. The van der Waals surface area contributed by atoms with Crippen LogP contribution in [0.2, 0.25) is 0 Å². The van der Waals surface area contributed by atoms with Crippen LogP contribution in [0.1, 0.15) is 44.4 Å². The van der Waals surface area contributed by atoms with E-state index >= 15 is 0 Å². The highest BCUT2D eigenvalue weighted by Gasteiger charge is 2.21. The fraction of sp³-hybridized carbons (Fsp3) is 0.529. The monoisotopic (exact) mass is 291 g/mol. The number of rotatable bonds is 6. The van der Waals surface area contributed by atoms with Gasteiger partial charge in [0, 0.05) is 12.0 Å². The minimum Gasteiger partial charge on any atom is -0.456 e. The van der Waals surface area contributed by atoms with Gasteiger partial charge in [-0.05, 0) is 44.4 Å². The Morgan fingerprint density at radius 2 is 2.33 bits per heavy atom. The van der Waals surface area contributed by atoms with Gasteiger partial charge < -0.3 is 14.5 Å². The predicted molar refractivity (Wildman–Crippen MR) is 80.8 cm³/mol.